The van der Waals surface area contributed by atoms with E-state index < -0.39 is 0 Å². The Labute approximate surface area is 121 Å². The van der Waals surface area contributed by atoms with Gasteiger partial charge in [0.05, 0.1) is 12.8 Å². The number of piperazine rings is 1. The average Bonchev–Trinajstić information content (AvgIpc) is 2.91. The molecule has 1 aliphatic rings. The van der Waals surface area contributed by atoms with Gasteiger partial charge in [-0.25, -0.2) is 0 Å². The van der Waals surface area contributed by atoms with Crippen molar-refractivity contribution >= 4 is 0 Å². The van der Waals surface area contributed by atoms with Crippen molar-refractivity contribution in [3.63, 3.8) is 0 Å². The molecule has 1 unspecified atom stereocenters. The maximum absolute atomic E-state index is 9.28. The predicted molar refractivity (Wildman–Crippen MR) is 80.5 cm³/mol. The molecule has 20 heavy (non-hydrogen) atoms. The average molecular weight is 278 g/mol. The third-order valence-corrected chi connectivity index (χ3v) is 3.84. The number of furan rings is 1. The normalized spacial score (nSPS) is 21.1. The smallest absolute Gasteiger partial charge is 0.117 e. The third kappa shape index (κ3) is 4.47. The first kappa shape index (κ1) is 15.3. The lowest BCUT2D eigenvalue weighted by Crippen LogP contribution is -2.53. The Bertz CT molecular complexity index is 410. The van der Waals surface area contributed by atoms with E-state index in [4.69, 9.17) is 4.42 Å². The van der Waals surface area contributed by atoms with Crippen LogP contribution in [-0.4, -0.2) is 53.7 Å². The molecular weight excluding hydrogens is 252 g/mol. The molecule has 2 rings (SSSR count). The zero-order valence-electron chi connectivity index (χ0n) is 12.6. The maximum atomic E-state index is 9.28. The Morgan fingerprint density at radius 1 is 1.45 bits per heavy atom. The summed E-state index contributed by atoms with van der Waals surface area (Å²) in [5.74, 6) is 1.02. The summed E-state index contributed by atoms with van der Waals surface area (Å²) in [6, 6.07) is 4.39. The van der Waals surface area contributed by atoms with Crippen molar-refractivity contribution in [1.82, 2.24) is 9.80 Å². The van der Waals surface area contributed by atoms with Crippen molar-refractivity contribution in [2.75, 3.05) is 32.8 Å². The molecule has 4 nitrogen and oxygen atoms in total. The minimum absolute atomic E-state index is 0.255. The second-order valence-corrected chi connectivity index (χ2v) is 5.76. The zero-order valence-corrected chi connectivity index (χ0v) is 12.6. The van der Waals surface area contributed by atoms with Gasteiger partial charge < -0.3 is 9.52 Å². The van der Waals surface area contributed by atoms with Gasteiger partial charge in [0.2, 0.25) is 0 Å². The molecule has 2 heterocycles. The molecule has 1 atom stereocenters. The molecule has 1 aromatic heterocycles. The Morgan fingerprint density at radius 3 is 2.95 bits per heavy atom. The van der Waals surface area contributed by atoms with Crippen LogP contribution in [0.2, 0.25) is 0 Å². The van der Waals surface area contributed by atoms with E-state index in [1.165, 1.54) is 5.57 Å². The zero-order chi connectivity index (χ0) is 14.4. The Hall–Kier alpha value is -1.10. The van der Waals surface area contributed by atoms with Crippen LogP contribution in [0.3, 0.4) is 0 Å². The summed E-state index contributed by atoms with van der Waals surface area (Å²) < 4.78 is 5.42. The fourth-order valence-corrected chi connectivity index (χ4v) is 2.69. The minimum atomic E-state index is 0.255. The monoisotopic (exact) mass is 278 g/mol. The van der Waals surface area contributed by atoms with Crippen LogP contribution in [0.4, 0.5) is 0 Å². The van der Waals surface area contributed by atoms with Crippen LogP contribution in [0.5, 0.6) is 0 Å². The number of nitrogens with zero attached hydrogens (tertiary/aromatic N) is 2. The van der Waals surface area contributed by atoms with Crippen LogP contribution in [-0.2, 0) is 6.54 Å². The number of hydrogen-bond donors (Lipinski definition) is 1. The van der Waals surface area contributed by atoms with Crippen molar-refractivity contribution in [2.45, 2.75) is 32.9 Å². The summed E-state index contributed by atoms with van der Waals surface area (Å²) in [5, 5.41) is 9.28. The lowest BCUT2D eigenvalue weighted by molar-refractivity contribution is 0.0601. The van der Waals surface area contributed by atoms with Crippen molar-refractivity contribution in [3.05, 3.63) is 35.8 Å². The third-order valence-electron chi connectivity index (χ3n) is 3.84. The molecule has 1 N–H and O–H groups in total. The minimum Gasteiger partial charge on any atom is -0.468 e. The van der Waals surface area contributed by atoms with Crippen molar-refractivity contribution in [1.29, 1.82) is 0 Å². The first-order valence-corrected chi connectivity index (χ1v) is 7.42. The van der Waals surface area contributed by atoms with E-state index in [1.54, 1.807) is 6.26 Å². The molecule has 1 saturated heterocycles. The van der Waals surface area contributed by atoms with Gasteiger partial charge in [-0.15, -0.1) is 0 Å². The number of aliphatic hydroxyl groups is 1. The molecule has 112 valence electrons. The van der Waals surface area contributed by atoms with Gasteiger partial charge in [-0.05, 0) is 32.4 Å². The lowest BCUT2D eigenvalue weighted by Gasteiger charge is -2.40. The number of hydrogen-bond acceptors (Lipinski definition) is 4. The fourth-order valence-electron chi connectivity index (χ4n) is 2.69. The molecular formula is C16H26N2O2. The molecule has 0 bridgehead atoms. The van der Waals surface area contributed by atoms with Crippen LogP contribution in [0.1, 0.15) is 26.0 Å². The van der Waals surface area contributed by atoms with E-state index in [9.17, 15) is 5.11 Å². The SMILES string of the molecule is CC(C)=CCN1CCN(Cc2ccco2)CC1CCO. The number of aliphatic hydroxyl groups excluding tert-OH is 1. The first-order valence-electron chi connectivity index (χ1n) is 7.42. The molecule has 1 fully saturated rings. The van der Waals surface area contributed by atoms with Crippen molar-refractivity contribution < 1.29 is 9.52 Å². The van der Waals surface area contributed by atoms with Gasteiger partial charge in [-0.1, -0.05) is 11.6 Å². The second-order valence-electron chi connectivity index (χ2n) is 5.76. The highest BCUT2D eigenvalue weighted by Gasteiger charge is 2.26. The van der Waals surface area contributed by atoms with Gasteiger partial charge >= 0.3 is 0 Å². The van der Waals surface area contributed by atoms with E-state index in [0.29, 0.717) is 6.04 Å². The molecule has 1 aromatic rings. The summed E-state index contributed by atoms with van der Waals surface area (Å²) in [7, 11) is 0. The molecule has 0 spiro atoms. The molecule has 0 aliphatic carbocycles. The molecule has 0 radical (unpaired) electrons. The van der Waals surface area contributed by atoms with Crippen LogP contribution in [0, 0.1) is 0 Å². The van der Waals surface area contributed by atoms with Crippen molar-refractivity contribution in [3.8, 4) is 0 Å². The molecule has 4 heteroatoms. The highest BCUT2D eigenvalue weighted by Crippen LogP contribution is 2.16. The lowest BCUT2D eigenvalue weighted by atomic mass is 10.1. The quantitative estimate of drug-likeness (QED) is 0.809. The van der Waals surface area contributed by atoms with Gasteiger partial charge in [0, 0.05) is 38.8 Å². The van der Waals surface area contributed by atoms with Crippen LogP contribution in [0.25, 0.3) is 0 Å². The highest BCUT2D eigenvalue weighted by molar-refractivity contribution is 5.00. The molecule has 0 saturated carbocycles. The van der Waals surface area contributed by atoms with E-state index in [-0.39, 0.29) is 6.61 Å². The summed E-state index contributed by atoms with van der Waals surface area (Å²) in [4.78, 5) is 4.89. The van der Waals surface area contributed by atoms with E-state index >= 15 is 0 Å². The van der Waals surface area contributed by atoms with Crippen LogP contribution >= 0.6 is 0 Å². The van der Waals surface area contributed by atoms with Gasteiger partial charge in [0.1, 0.15) is 5.76 Å². The van der Waals surface area contributed by atoms with E-state index in [1.807, 2.05) is 12.1 Å². The van der Waals surface area contributed by atoms with E-state index in [0.717, 1.165) is 44.9 Å². The molecule has 1 aliphatic heterocycles. The van der Waals surface area contributed by atoms with Crippen LogP contribution < -0.4 is 0 Å². The summed E-state index contributed by atoms with van der Waals surface area (Å²) in [6.07, 6.45) is 4.84. The van der Waals surface area contributed by atoms with Gasteiger partial charge in [0.25, 0.3) is 0 Å². The Kier molecular flexibility index (Phi) is 5.83. The summed E-state index contributed by atoms with van der Waals surface area (Å²) in [5.41, 5.74) is 1.35. The molecule has 0 aromatic carbocycles. The standard InChI is InChI=1S/C16H26N2O2/c1-14(2)5-7-18-9-8-17(12-15(18)6-10-19)13-16-4-3-11-20-16/h3-5,11,15,19H,6-10,12-13H2,1-2H3. The second kappa shape index (κ2) is 7.62. The largest absolute Gasteiger partial charge is 0.468 e. The number of rotatable bonds is 6. The summed E-state index contributed by atoms with van der Waals surface area (Å²) >= 11 is 0. The number of allylic oxidation sites excluding steroid dienone is 1. The molecule has 0 amide bonds. The summed E-state index contributed by atoms with van der Waals surface area (Å²) in [6.45, 7) is 9.48. The van der Waals surface area contributed by atoms with Gasteiger partial charge in [0.15, 0.2) is 0 Å². The Balaban J connectivity index is 1.91. The maximum Gasteiger partial charge on any atom is 0.117 e. The Morgan fingerprint density at radius 2 is 2.30 bits per heavy atom. The topological polar surface area (TPSA) is 39.9 Å². The predicted octanol–water partition coefficient (Wildman–Crippen LogP) is 2.11. The van der Waals surface area contributed by atoms with Crippen molar-refractivity contribution in [2.24, 2.45) is 0 Å². The highest BCUT2D eigenvalue weighted by atomic mass is 16.3. The van der Waals surface area contributed by atoms with Gasteiger partial charge in [-0.3, -0.25) is 9.80 Å². The fraction of sp³-hybridized carbons (Fsp3) is 0.625. The van der Waals surface area contributed by atoms with E-state index in [2.05, 4.69) is 29.7 Å². The van der Waals surface area contributed by atoms with Gasteiger partial charge in [-0.2, -0.15) is 0 Å². The first-order chi connectivity index (χ1) is 9.69. The van der Waals surface area contributed by atoms with Crippen LogP contribution in [0.15, 0.2) is 34.5 Å².